The topological polar surface area (TPSA) is 59.8 Å². The van der Waals surface area contributed by atoms with Crippen molar-refractivity contribution in [3.05, 3.63) is 11.9 Å². The first-order valence-corrected chi connectivity index (χ1v) is 5.44. The van der Waals surface area contributed by atoms with Crippen LogP contribution in [0.25, 0.3) is 0 Å². The van der Waals surface area contributed by atoms with E-state index in [2.05, 4.69) is 15.6 Å². The van der Waals surface area contributed by atoms with Crippen LogP contribution in [-0.2, 0) is 17.8 Å². The second kappa shape index (κ2) is 7.05. The molecule has 1 rings (SSSR count). The van der Waals surface area contributed by atoms with Gasteiger partial charge in [-0.25, -0.2) is 0 Å². The molecule has 0 bridgehead atoms. The third-order valence-corrected chi connectivity index (χ3v) is 2.23. The molecule has 1 N–H and O–H groups in total. The normalized spacial score (nSPS) is 10.6. The predicted molar refractivity (Wildman–Crippen MR) is 57.6 cm³/mol. The zero-order valence-electron chi connectivity index (χ0n) is 9.45. The van der Waals surface area contributed by atoms with E-state index in [4.69, 9.17) is 0 Å². The highest BCUT2D eigenvalue weighted by atomic mass is 19.1. The van der Waals surface area contributed by atoms with E-state index < -0.39 is 6.04 Å². The highest BCUT2D eigenvalue weighted by Crippen LogP contribution is 2.01. The van der Waals surface area contributed by atoms with Crippen molar-refractivity contribution in [1.29, 1.82) is 0 Å². The summed E-state index contributed by atoms with van der Waals surface area (Å²) in [7, 11) is 1.89. The molecule has 1 aromatic rings. The molecule has 1 aromatic heterocycles. The van der Waals surface area contributed by atoms with Gasteiger partial charge in [-0.1, -0.05) is 5.21 Å². The summed E-state index contributed by atoms with van der Waals surface area (Å²) < 4.78 is 13.6. The summed E-state index contributed by atoms with van der Waals surface area (Å²) in [5.41, 5.74) is 0.941. The van der Waals surface area contributed by atoms with E-state index in [9.17, 15) is 9.18 Å². The number of carbonyl (C=O) groups is 1. The largest absolute Gasteiger partial charge is 0.319 e. The lowest BCUT2D eigenvalue weighted by Crippen LogP contribution is -2.10. The van der Waals surface area contributed by atoms with E-state index in [-0.39, 0.29) is 6.42 Å². The van der Waals surface area contributed by atoms with Crippen molar-refractivity contribution in [2.75, 3.05) is 13.6 Å². The quantitative estimate of drug-likeness (QED) is 0.526. The molecule has 0 saturated heterocycles. The van der Waals surface area contributed by atoms with Gasteiger partial charge in [-0.05, 0) is 19.9 Å². The standard InChI is InChI=1S/C10H17FN4O/c1-12-6-5-9-8-15(14-13-9)7-3-2-4-10(11)16/h8,12H,2-7H2,1H3. The van der Waals surface area contributed by atoms with Gasteiger partial charge in [0.05, 0.1) is 5.69 Å². The van der Waals surface area contributed by atoms with Gasteiger partial charge in [-0.15, -0.1) is 5.10 Å². The molecule has 0 amide bonds. The highest BCUT2D eigenvalue weighted by molar-refractivity contribution is 5.67. The number of nitrogens with zero attached hydrogens (tertiary/aromatic N) is 3. The van der Waals surface area contributed by atoms with E-state index in [0.29, 0.717) is 13.0 Å². The van der Waals surface area contributed by atoms with Crippen LogP contribution >= 0.6 is 0 Å². The molecule has 0 unspecified atom stereocenters. The van der Waals surface area contributed by atoms with E-state index in [1.807, 2.05) is 13.2 Å². The number of aromatic nitrogens is 3. The third-order valence-electron chi connectivity index (χ3n) is 2.23. The number of hydrogen-bond acceptors (Lipinski definition) is 4. The molecule has 0 saturated carbocycles. The van der Waals surface area contributed by atoms with Crippen LogP contribution in [0.4, 0.5) is 4.39 Å². The Kier molecular flexibility index (Phi) is 5.63. The zero-order valence-corrected chi connectivity index (χ0v) is 9.45. The molecule has 90 valence electrons. The van der Waals surface area contributed by atoms with Crippen molar-refractivity contribution < 1.29 is 9.18 Å². The third kappa shape index (κ3) is 4.97. The second-order valence-electron chi connectivity index (χ2n) is 3.64. The van der Waals surface area contributed by atoms with Crippen LogP contribution < -0.4 is 5.32 Å². The van der Waals surface area contributed by atoms with Crippen LogP contribution in [0, 0.1) is 0 Å². The Balaban J connectivity index is 2.21. The highest BCUT2D eigenvalue weighted by Gasteiger charge is 2.01. The van der Waals surface area contributed by atoms with Crippen molar-refractivity contribution >= 4 is 6.04 Å². The summed E-state index contributed by atoms with van der Waals surface area (Å²) in [5, 5.41) is 11.0. The average molecular weight is 228 g/mol. The van der Waals surface area contributed by atoms with Crippen molar-refractivity contribution in [3.8, 4) is 0 Å². The minimum atomic E-state index is -1.24. The number of nitrogens with one attached hydrogen (secondary N) is 1. The van der Waals surface area contributed by atoms with Crippen LogP contribution in [0.1, 0.15) is 25.0 Å². The molecule has 5 nitrogen and oxygen atoms in total. The van der Waals surface area contributed by atoms with E-state index in [0.717, 1.165) is 25.1 Å². The van der Waals surface area contributed by atoms with Gasteiger partial charge in [0.25, 0.3) is 0 Å². The molecule has 0 aliphatic rings. The summed E-state index contributed by atoms with van der Waals surface area (Å²) in [5.74, 6) is 0. The van der Waals surface area contributed by atoms with Crippen LogP contribution in [0.2, 0.25) is 0 Å². The zero-order chi connectivity index (χ0) is 11.8. The van der Waals surface area contributed by atoms with E-state index in [1.165, 1.54) is 0 Å². The van der Waals surface area contributed by atoms with Crippen LogP contribution in [0.15, 0.2) is 6.20 Å². The van der Waals surface area contributed by atoms with E-state index in [1.54, 1.807) is 4.68 Å². The second-order valence-corrected chi connectivity index (χ2v) is 3.64. The molecule has 0 aromatic carbocycles. The molecule has 0 aliphatic heterocycles. The van der Waals surface area contributed by atoms with Gasteiger partial charge in [0.15, 0.2) is 0 Å². The van der Waals surface area contributed by atoms with Crippen LogP contribution in [0.5, 0.6) is 0 Å². The Morgan fingerprint density at radius 1 is 1.56 bits per heavy atom. The van der Waals surface area contributed by atoms with Crippen LogP contribution in [0.3, 0.4) is 0 Å². The molecule has 6 heteroatoms. The number of rotatable bonds is 8. The van der Waals surface area contributed by atoms with Crippen molar-refractivity contribution in [2.45, 2.75) is 32.2 Å². The van der Waals surface area contributed by atoms with Gasteiger partial charge in [0, 0.05) is 32.1 Å². The molecule has 0 radical (unpaired) electrons. The summed E-state index contributed by atoms with van der Waals surface area (Å²) >= 11 is 0. The summed E-state index contributed by atoms with van der Waals surface area (Å²) in [6.07, 6.45) is 4.03. The number of carbonyl (C=O) groups excluding carboxylic acids is 1. The van der Waals surface area contributed by atoms with Crippen LogP contribution in [-0.4, -0.2) is 34.6 Å². The Bertz CT molecular complexity index is 326. The Morgan fingerprint density at radius 3 is 3.06 bits per heavy atom. The molecular formula is C10H17FN4O. The summed E-state index contributed by atoms with van der Waals surface area (Å²) in [6.45, 7) is 1.55. The number of unbranched alkanes of at least 4 members (excludes halogenated alkanes) is 1. The fourth-order valence-electron chi connectivity index (χ4n) is 1.35. The molecule has 0 fully saturated rings. The Morgan fingerprint density at radius 2 is 2.38 bits per heavy atom. The SMILES string of the molecule is CNCCc1cn(CCCCC(=O)F)nn1. The summed E-state index contributed by atoms with van der Waals surface area (Å²) in [6, 6.07) is -1.24. The van der Waals surface area contributed by atoms with E-state index >= 15 is 0 Å². The fraction of sp³-hybridized carbons (Fsp3) is 0.700. The number of hydrogen-bond donors (Lipinski definition) is 1. The lowest BCUT2D eigenvalue weighted by atomic mass is 10.2. The first kappa shape index (κ1) is 12.8. The van der Waals surface area contributed by atoms with Gasteiger partial charge >= 0.3 is 6.04 Å². The van der Waals surface area contributed by atoms with Crippen molar-refractivity contribution in [1.82, 2.24) is 20.3 Å². The van der Waals surface area contributed by atoms with Gasteiger partial charge in [-0.2, -0.15) is 4.39 Å². The lowest BCUT2D eigenvalue weighted by Gasteiger charge is -1.97. The molecule has 0 aliphatic carbocycles. The first-order valence-electron chi connectivity index (χ1n) is 5.44. The van der Waals surface area contributed by atoms with Crippen molar-refractivity contribution in [2.24, 2.45) is 0 Å². The number of aryl methyl sites for hydroxylation is 1. The molecule has 0 atom stereocenters. The van der Waals surface area contributed by atoms with Gasteiger partial charge in [0.1, 0.15) is 0 Å². The lowest BCUT2D eigenvalue weighted by molar-refractivity contribution is -0.129. The Hall–Kier alpha value is -1.30. The molecule has 1 heterocycles. The number of likely N-dealkylation sites (N-methyl/N-ethyl adjacent to an activating group) is 1. The molecule has 0 spiro atoms. The first-order chi connectivity index (χ1) is 7.72. The Labute approximate surface area is 94.0 Å². The maximum Gasteiger partial charge on any atom is 0.301 e. The number of halogens is 1. The molecule has 16 heavy (non-hydrogen) atoms. The monoisotopic (exact) mass is 228 g/mol. The minimum absolute atomic E-state index is 0.00130. The van der Waals surface area contributed by atoms with Gasteiger partial charge in [0.2, 0.25) is 0 Å². The van der Waals surface area contributed by atoms with Crippen molar-refractivity contribution in [3.63, 3.8) is 0 Å². The maximum atomic E-state index is 11.9. The average Bonchev–Trinajstić information content (AvgIpc) is 2.69. The minimum Gasteiger partial charge on any atom is -0.319 e. The summed E-state index contributed by atoms with van der Waals surface area (Å²) in [4.78, 5) is 10.1. The predicted octanol–water partition coefficient (Wildman–Crippen LogP) is 0.706. The molecular weight excluding hydrogens is 211 g/mol. The smallest absolute Gasteiger partial charge is 0.301 e. The van der Waals surface area contributed by atoms with Gasteiger partial charge < -0.3 is 5.32 Å². The van der Waals surface area contributed by atoms with Gasteiger partial charge in [-0.3, -0.25) is 9.48 Å². The fourth-order valence-corrected chi connectivity index (χ4v) is 1.35. The maximum absolute atomic E-state index is 11.9.